The number of nitrogens with one attached hydrogen (secondary N) is 1. The molecule has 0 aliphatic carbocycles. The molecule has 116 valence electrons. The quantitative estimate of drug-likeness (QED) is 0.914. The third kappa shape index (κ3) is 3.29. The summed E-state index contributed by atoms with van der Waals surface area (Å²) in [6.45, 7) is 7.70. The van der Waals surface area contributed by atoms with Gasteiger partial charge in [0.15, 0.2) is 0 Å². The van der Waals surface area contributed by atoms with Crippen LogP contribution in [0.5, 0.6) is 0 Å². The van der Waals surface area contributed by atoms with Crippen LogP contribution >= 0.6 is 0 Å². The number of hydrogen-bond acceptors (Lipinski definition) is 4. The van der Waals surface area contributed by atoms with Crippen molar-refractivity contribution in [2.75, 3.05) is 18.8 Å². The van der Waals surface area contributed by atoms with Crippen LogP contribution in [0, 0.1) is 0 Å². The van der Waals surface area contributed by atoms with E-state index in [0.717, 1.165) is 30.9 Å². The predicted molar refractivity (Wildman–Crippen MR) is 91.4 cm³/mol. The topological polar surface area (TPSA) is 54.2 Å². The maximum atomic E-state index is 5.76. The predicted octanol–water partition coefficient (Wildman–Crippen LogP) is 2.51. The summed E-state index contributed by atoms with van der Waals surface area (Å²) in [5.41, 5.74) is 9.13. The molecule has 1 aromatic heterocycles. The van der Waals surface area contributed by atoms with Gasteiger partial charge in [0.05, 0.1) is 5.69 Å². The van der Waals surface area contributed by atoms with E-state index >= 15 is 0 Å². The third-order valence-corrected chi connectivity index (χ3v) is 4.40. The second-order valence-corrected chi connectivity index (χ2v) is 6.17. The average Bonchev–Trinajstić information content (AvgIpc) is 2.52. The first-order valence-corrected chi connectivity index (χ1v) is 7.92. The van der Waals surface area contributed by atoms with E-state index < -0.39 is 0 Å². The standard InChI is InChI=1S/C18H24N4/c1-13-10-20-11-14(2)22(13)12-15-6-8-16(9-7-15)17-4-3-5-18(19)21-17/h3-9,13-14,20H,10-12H2,1-2H3,(H2,19,21). The van der Waals surface area contributed by atoms with Gasteiger partial charge in [0, 0.05) is 37.3 Å². The molecule has 3 rings (SSSR count). The Morgan fingerprint density at radius 3 is 2.41 bits per heavy atom. The lowest BCUT2D eigenvalue weighted by atomic mass is 10.1. The van der Waals surface area contributed by atoms with Gasteiger partial charge in [-0.2, -0.15) is 0 Å². The first-order valence-electron chi connectivity index (χ1n) is 7.92. The molecular weight excluding hydrogens is 272 g/mol. The van der Waals surface area contributed by atoms with E-state index in [1.807, 2.05) is 18.2 Å². The molecule has 0 amide bonds. The van der Waals surface area contributed by atoms with E-state index in [-0.39, 0.29) is 0 Å². The Morgan fingerprint density at radius 2 is 1.77 bits per heavy atom. The summed E-state index contributed by atoms with van der Waals surface area (Å²) in [6, 6.07) is 15.5. The summed E-state index contributed by atoms with van der Waals surface area (Å²) in [5.74, 6) is 0.560. The highest BCUT2D eigenvalue weighted by Gasteiger charge is 2.24. The van der Waals surface area contributed by atoms with Crippen molar-refractivity contribution in [3.05, 3.63) is 48.0 Å². The van der Waals surface area contributed by atoms with Crippen molar-refractivity contribution in [2.24, 2.45) is 0 Å². The third-order valence-electron chi connectivity index (χ3n) is 4.40. The highest BCUT2D eigenvalue weighted by atomic mass is 15.2. The van der Waals surface area contributed by atoms with Crippen LogP contribution < -0.4 is 11.1 Å². The van der Waals surface area contributed by atoms with Crippen LogP contribution in [-0.4, -0.2) is 35.1 Å². The van der Waals surface area contributed by atoms with Crippen LogP contribution in [0.2, 0.25) is 0 Å². The normalized spacial score (nSPS) is 22.6. The molecule has 4 heteroatoms. The molecule has 0 bridgehead atoms. The Bertz CT molecular complexity index is 613. The molecule has 0 saturated carbocycles. The van der Waals surface area contributed by atoms with Gasteiger partial charge in [-0.3, -0.25) is 4.90 Å². The maximum absolute atomic E-state index is 5.76. The lowest BCUT2D eigenvalue weighted by Gasteiger charge is -2.39. The lowest BCUT2D eigenvalue weighted by molar-refractivity contribution is 0.109. The number of aromatic nitrogens is 1. The van der Waals surface area contributed by atoms with Crippen molar-refractivity contribution in [2.45, 2.75) is 32.5 Å². The number of hydrogen-bond donors (Lipinski definition) is 2. The fraction of sp³-hybridized carbons (Fsp3) is 0.389. The zero-order chi connectivity index (χ0) is 15.5. The van der Waals surface area contributed by atoms with E-state index in [1.54, 1.807) is 0 Å². The fourth-order valence-electron chi connectivity index (χ4n) is 3.09. The Morgan fingerprint density at radius 1 is 1.09 bits per heavy atom. The Kier molecular flexibility index (Phi) is 4.41. The van der Waals surface area contributed by atoms with Gasteiger partial charge in [-0.05, 0) is 31.5 Å². The van der Waals surface area contributed by atoms with Gasteiger partial charge in [-0.1, -0.05) is 30.3 Å². The van der Waals surface area contributed by atoms with Crippen LogP contribution in [0.1, 0.15) is 19.4 Å². The molecule has 2 aromatic rings. The molecule has 0 spiro atoms. The molecule has 3 N–H and O–H groups in total. The molecule has 1 aliphatic heterocycles. The summed E-state index contributed by atoms with van der Waals surface area (Å²) >= 11 is 0. The van der Waals surface area contributed by atoms with E-state index in [1.165, 1.54) is 5.56 Å². The molecule has 22 heavy (non-hydrogen) atoms. The molecule has 2 atom stereocenters. The minimum atomic E-state index is 0.560. The number of pyridine rings is 1. The van der Waals surface area contributed by atoms with Crippen molar-refractivity contribution < 1.29 is 0 Å². The van der Waals surface area contributed by atoms with E-state index in [9.17, 15) is 0 Å². The van der Waals surface area contributed by atoms with Gasteiger partial charge in [-0.15, -0.1) is 0 Å². The monoisotopic (exact) mass is 296 g/mol. The minimum absolute atomic E-state index is 0.560. The van der Waals surface area contributed by atoms with E-state index in [2.05, 4.69) is 53.3 Å². The maximum Gasteiger partial charge on any atom is 0.124 e. The van der Waals surface area contributed by atoms with Crippen molar-refractivity contribution in [1.29, 1.82) is 0 Å². The van der Waals surface area contributed by atoms with Crippen molar-refractivity contribution in [3.8, 4) is 11.3 Å². The van der Waals surface area contributed by atoms with Gasteiger partial charge in [-0.25, -0.2) is 4.98 Å². The average molecular weight is 296 g/mol. The second-order valence-electron chi connectivity index (χ2n) is 6.17. The molecular formula is C18H24N4. The number of nitrogen functional groups attached to an aromatic ring is 1. The van der Waals surface area contributed by atoms with Gasteiger partial charge in [0.1, 0.15) is 5.82 Å². The van der Waals surface area contributed by atoms with Crippen LogP contribution in [-0.2, 0) is 6.54 Å². The Hall–Kier alpha value is -1.91. The lowest BCUT2D eigenvalue weighted by Crippen LogP contribution is -2.54. The summed E-state index contributed by atoms with van der Waals surface area (Å²) in [5, 5.41) is 3.47. The fourth-order valence-corrected chi connectivity index (χ4v) is 3.09. The first-order chi connectivity index (χ1) is 10.6. The van der Waals surface area contributed by atoms with Gasteiger partial charge >= 0.3 is 0 Å². The number of rotatable bonds is 3. The van der Waals surface area contributed by atoms with Gasteiger partial charge in [0.2, 0.25) is 0 Å². The molecule has 4 nitrogen and oxygen atoms in total. The molecule has 2 heterocycles. The van der Waals surface area contributed by atoms with Crippen molar-refractivity contribution >= 4 is 5.82 Å². The Labute approximate surface area is 132 Å². The largest absolute Gasteiger partial charge is 0.384 e. The second kappa shape index (κ2) is 6.46. The van der Waals surface area contributed by atoms with Crippen LogP contribution in [0.25, 0.3) is 11.3 Å². The molecule has 2 unspecified atom stereocenters. The first kappa shape index (κ1) is 15.0. The summed E-state index contributed by atoms with van der Waals surface area (Å²) in [7, 11) is 0. The molecule has 0 radical (unpaired) electrons. The number of anilines is 1. The smallest absolute Gasteiger partial charge is 0.124 e. The van der Waals surface area contributed by atoms with E-state index in [4.69, 9.17) is 5.73 Å². The molecule has 1 fully saturated rings. The van der Waals surface area contributed by atoms with Crippen LogP contribution in [0.15, 0.2) is 42.5 Å². The number of piperazine rings is 1. The van der Waals surface area contributed by atoms with Crippen molar-refractivity contribution in [3.63, 3.8) is 0 Å². The van der Waals surface area contributed by atoms with Crippen LogP contribution in [0.3, 0.4) is 0 Å². The number of nitrogens with zero attached hydrogens (tertiary/aromatic N) is 2. The number of nitrogens with two attached hydrogens (primary N) is 1. The van der Waals surface area contributed by atoms with Gasteiger partial charge in [0.25, 0.3) is 0 Å². The summed E-state index contributed by atoms with van der Waals surface area (Å²) in [4.78, 5) is 6.93. The molecule has 1 aromatic carbocycles. The zero-order valence-corrected chi connectivity index (χ0v) is 13.3. The molecule has 1 saturated heterocycles. The summed E-state index contributed by atoms with van der Waals surface area (Å²) in [6.07, 6.45) is 0. The minimum Gasteiger partial charge on any atom is -0.384 e. The Balaban J connectivity index is 1.74. The number of benzene rings is 1. The zero-order valence-electron chi connectivity index (χ0n) is 13.3. The van der Waals surface area contributed by atoms with E-state index in [0.29, 0.717) is 17.9 Å². The highest BCUT2D eigenvalue weighted by molar-refractivity contribution is 5.61. The molecule has 1 aliphatic rings. The van der Waals surface area contributed by atoms with Crippen molar-refractivity contribution in [1.82, 2.24) is 15.2 Å². The highest BCUT2D eigenvalue weighted by Crippen LogP contribution is 2.20. The van der Waals surface area contributed by atoms with Gasteiger partial charge < -0.3 is 11.1 Å². The summed E-state index contributed by atoms with van der Waals surface area (Å²) < 4.78 is 0. The van der Waals surface area contributed by atoms with Crippen LogP contribution in [0.4, 0.5) is 5.82 Å². The SMILES string of the molecule is CC1CNCC(C)N1Cc1ccc(-c2cccc(N)n2)cc1.